The Balaban J connectivity index is 2.15. The largest absolute Gasteiger partial charge is 0.279 e. The summed E-state index contributed by atoms with van der Waals surface area (Å²) >= 11 is 0. The van der Waals surface area contributed by atoms with Crippen LogP contribution in [-0.2, 0) is 10.0 Å². The highest BCUT2D eigenvalue weighted by Gasteiger charge is 2.28. The average Bonchev–Trinajstić information content (AvgIpc) is 2.66. The summed E-state index contributed by atoms with van der Waals surface area (Å²) in [6.45, 7) is 1.75. The van der Waals surface area contributed by atoms with Crippen LogP contribution < -0.4 is 4.72 Å². The van der Waals surface area contributed by atoms with Crippen LogP contribution in [0.4, 0.5) is 27.6 Å². The molecule has 0 saturated carbocycles. The molecule has 0 aliphatic heterocycles. The third-order valence-electron chi connectivity index (χ3n) is 3.98. The van der Waals surface area contributed by atoms with E-state index >= 15 is 0 Å². The third-order valence-corrected chi connectivity index (χ3v) is 5.36. The monoisotopic (exact) mass is 413 g/mol. The minimum absolute atomic E-state index is 0.134. The van der Waals surface area contributed by atoms with Crippen molar-refractivity contribution in [2.45, 2.75) is 11.8 Å². The molecule has 0 unspecified atom stereocenters. The summed E-state index contributed by atoms with van der Waals surface area (Å²) in [7, 11) is -4.17. The first-order chi connectivity index (χ1) is 13.1. The van der Waals surface area contributed by atoms with Crippen LogP contribution in [0.2, 0.25) is 0 Å². The van der Waals surface area contributed by atoms with Crippen LogP contribution in [0.3, 0.4) is 0 Å². The van der Waals surface area contributed by atoms with Gasteiger partial charge in [-0.3, -0.25) is 4.72 Å². The van der Waals surface area contributed by atoms with Crippen LogP contribution in [0, 0.1) is 36.0 Å². The highest BCUT2D eigenvalue weighted by atomic mass is 32.2. The maximum absolute atomic E-state index is 14.2. The van der Waals surface area contributed by atoms with E-state index in [0.29, 0.717) is 0 Å². The number of sulfonamides is 1. The predicted molar refractivity (Wildman–Crippen MR) is 93.7 cm³/mol. The van der Waals surface area contributed by atoms with Crippen molar-refractivity contribution in [2.75, 3.05) is 4.72 Å². The van der Waals surface area contributed by atoms with Gasteiger partial charge in [-0.2, -0.15) is 0 Å². The lowest BCUT2D eigenvalue weighted by Crippen LogP contribution is -2.14. The molecule has 0 heterocycles. The molecular formula is C19H12F5NO2S. The first-order valence-corrected chi connectivity index (χ1v) is 9.32. The molecule has 0 saturated heterocycles. The van der Waals surface area contributed by atoms with Crippen molar-refractivity contribution in [3.63, 3.8) is 0 Å². The Kier molecular flexibility index (Phi) is 5.12. The van der Waals surface area contributed by atoms with E-state index in [-0.39, 0.29) is 10.6 Å². The fourth-order valence-corrected chi connectivity index (χ4v) is 3.63. The van der Waals surface area contributed by atoms with Gasteiger partial charge in [0, 0.05) is 5.56 Å². The van der Waals surface area contributed by atoms with Gasteiger partial charge in [0.05, 0.1) is 16.1 Å². The van der Waals surface area contributed by atoms with E-state index in [1.54, 1.807) is 19.1 Å². The normalized spacial score (nSPS) is 11.5. The lowest BCUT2D eigenvalue weighted by Gasteiger charge is -2.15. The summed E-state index contributed by atoms with van der Waals surface area (Å²) < 4.78 is 96.0. The summed E-state index contributed by atoms with van der Waals surface area (Å²) in [6, 6.07) is 10.6. The second kappa shape index (κ2) is 7.23. The van der Waals surface area contributed by atoms with Crippen molar-refractivity contribution in [3.05, 3.63) is 83.2 Å². The predicted octanol–water partition coefficient (Wildman–Crippen LogP) is 5.16. The topological polar surface area (TPSA) is 46.2 Å². The summed E-state index contributed by atoms with van der Waals surface area (Å²) in [5.74, 6) is -10.6. The van der Waals surface area contributed by atoms with Gasteiger partial charge in [-0.1, -0.05) is 35.9 Å². The fourth-order valence-electron chi connectivity index (χ4n) is 2.55. The minimum Gasteiger partial charge on any atom is -0.279 e. The van der Waals surface area contributed by atoms with Crippen molar-refractivity contribution in [2.24, 2.45) is 0 Å². The van der Waals surface area contributed by atoms with Crippen LogP contribution in [0.15, 0.2) is 53.4 Å². The SMILES string of the molecule is Cc1ccc(S(=O)(=O)Nc2ccccc2-c2c(F)c(F)c(F)c(F)c2F)cc1. The van der Waals surface area contributed by atoms with Crippen molar-refractivity contribution >= 4 is 15.7 Å². The van der Waals surface area contributed by atoms with Crippen molar-refractivity contribution < 1.29 is 30.4 Å². The molecule has 0 aliphatic rings. The second-order valence-corrected chi connectivity index (χ2v) is 7.59. The molecule has 3 aromatic rings. The number of nitrogens with one attached hydrogen (secondary N) is 1. The summed E-state index contributed by atoms with van der Waals surface area (Å²) in [5, 5.41) is 0. The Morgan fingerprint density at radius 2 is 1.21 bits per heavy atom. The van der Waals surface area contributed by atoms with Crippen molar-refractivity contribution in [1.82, 2.24) is 0 Å². The van der Waals surface area contributed by atoms with Crippen LogP contribution >= 0.6 is 0 Å². The number of benzene rings is 3. The Morgan fingerprint density at radius 1 is 0.714 bits per heavy atom. The number of hydrogen-bond acceptors (Lipinski definition) is 2. The van der Waals surface area contributed by atoms with Crippen molar-refractivity contribution in [3.8, 4) is 11.1 Å². The molecule has 0 radical (unpaired) electrons. The highest BCUT2D eigenvalue weighted by molar-refractivity contribution is 7.92. The molecule has 0 amide bonds. The van der Waals surface area contributed by atoms with Gasteiger partial charge in [-0.05, 0) is 25.1 Å². The molecule has 0 aromatic heterocycles. The van der Waals surface area contributed by atoms with Gasteiger partial charge in [-0.25, -0.2) is 30.4 Å². The van der Waals surface area contributed by atoms with Gasteiger partial charge < -0.3 is 0 Å². The van der Waals surface area contributed by atoms with Gasteiger partial charge in [0.15, 0.2) is 23.3 Å². The Labute approximate surface area is 157 Å². The van der Waals surface area contributed by atoms with E-state index in [2.05, 4.69) is 4.72 Å². The van der Waals surface area contributed by atoms with Gasteiger partial charge >= 0.3 is 0 Å². The molecule has 0 bridgehead atoms. The van der Waals surface area contributed by atoms with Gasteiger partial charge in [0.25, 0.3) is 10.0 Å². The molecule has 146 valence electrons. The smallest absolute Gasteiger partial charge is 0.261 e. The Morgan fingerprint density at radius 3 is 1.79 bits per heavy atom. The third kappa shape index (κ3) is 3.45. The molecule has 9 heteroatoms. The molecule has 28 heavy (non-hydrogen) atoms. The summed E-state index contributed by atoms with van der Waals surface area (Å²) in [5.41, 5.74) is -1.25. The number of rotatable bonds is 4. The molecule has 0 fully saturated rings. The van der Waals surface area contributed by atoms with Crippen molar-refractivity contribution in [1.29, 1.82) is 0 Å². The van der Waals surface area contributed by atoms with E-state index in [1.807, 2.05) is 0 Å². The molecule has 3 aromatic carbocycles. The molecule has 0 atom stereocenters. The van der Waals surface area contributed by atoms with Crippen LogP contribution in [0.5, 0.6) is 0 Å². The minimum atomic E-state index is -4.17. The molecule has 0 aliphatic carbocycles. The number of para-hydroxylation sites is 1. The summed E-state index contributed by atoms with van der Waals surface area (Å²) in [4.78, 5) is -0.134. The first kappa shape index (κ1) is 19.8. The lowest BCUT2D eigenvalue weighted by molar-refractivity contribution is 0.381. The van der Waals surface area contributed by atoms with E-state index in [4.69, 9.17) is 0 Å². The van der Waals surface area contributed by atoms with E-state index in [1.165, 1.54) is 24.3 Å². The lowest BCUT2D eigenvalue weighted by atomic mass is 10.0. The Bertz CT molecular complexity index is 1130. The second-order valence-electron chi connectivity index (χ2n) is 5.91. The standard InChI is InChI=1S/C19H12F5NO2S/c1-10-6-8-11(9-7-10)28(26,27)25-13-5-3-2-4-12(13)14-15(20)17(22)19(24)18(23)16(14)21/h2-9,25H,1H3. The zero-order valence-corrected chi connectivity index (χ0v) is 15.0. The maximum atomic E-state index is 14.2. The molecular weight excluding hydrogens is 401 g/mol. The van der Waals surface area contributed by atoms with Gasteiger partial charge in [-0.15, -0.1) is 0 Å². The van der Waals surface area contributed by atoms with Crippen LogP contribution in [0.1, 0.15) is 5.56 Å². The number of aryl methyl sites for hydroxylation is 1. The first-order valence-electron chi connectivity index (χ1n) is 7.84. The molecule has 0 spiro atoms. The zero-order valence-electron chi connectivity index (χ0n) is 14.2. The summed E-state index contributed by atoms with van der Waals surface area (Å²) in [6.07, 6.45) is 0. The fraction of sp³-hybridized carbons (Fsp3) is 0.0526. The molecule has 3 rings (SSSR count). The van der Waals surface area contributed by atoms with E-state index < -0.39 is 50.2 Å². The molecule has 1 N–H and O–H groups in total. The Hall–Kier alpha value is -2.94. The number of anilines is 1. The van der Waals surface area contributed by atoms with E-state index in [0.717, 1.165) is 17.7 Å². The van der Waals surface area contributed by atoms with Crippen LogP contribution in [-0.4, -0.2) is 8.42 Å². The molecule has 3 nitrogen and oxygen atoms in total. The highest BCUT2D eigenvalue weighted by Crippen LogP contribution is 2.36. The number of hydrogen-bond donors (Lipinski definition) is 1. The zero-order chi connectivity index (χ0) is 20.6. The van der Waals surface area contributed by atoms with Gasteiger partial charge in [0.1, 0.15) is 0 Å². The van der Waals surface area contributed by atoms with Gasteiger partial charge in [0.2, 0.25) is 5.82 Å². The van der Waals surface area contributed by atoms with Crippen LogP contribution in [0.25, 0.3) is 11.1 Å². The number of halogens is 5. The van der Waals surface area contributed by atoms with E-state index in [9.17, 15) is 30.4 Å². The quantitative estimate of drug-likeness (QED) is 0.365. The maximum Gasteiger partial charge on any atom is 0.261 e. The average molecular weight is 413 g/mol.